The molecule has 6 rings (SSSR count). The number of hydrogen-bond acceptors (Lipinski definition) is 5. The summed E-state index contributed by atoms with van der Waals surface area (Å²) in [7, 11) is 0. The van der Waals surface area contributed by atoms with E-state index in [-0.39, 0.29) is 11.5 Å². The van der Waals surface area contributed by atoms with Gasteiger partial charge in [-0.05, 0) is 49.1 Å². The number of aryl methyl sites for hydroxylation is 1. The topological polar surface area (TPSA) is 84.7 Å². The number of aromatic nitrogens is 3. The van der Waals surface area contributed by atoms with Crippen LogP contribution >= 0.6 is 11.3 Å². The second-order valence-electron chi connectivity index (χ2n) is 8.64. The molecule has 0 radical (unpaired) electrons. The first-order valence-electron chi connectivity index (χ1n) is 11.0. The largest absolute Gasteiger partial charge is 0.397 e. The summed E-state index contributed by atoms with van der Waals surface area (Å²) >= 11 is 1.48. The lowest BCUT2D eigenvalue weighted by Gasteiger charge is -2.27. The van der Waals surface area contributed by atoms with Crippen LogP contribution in [-0.4, -0.2) is 15.0 Å². The Morgan fingerprint density at radius 2 is 1.79 bits per heavy atom. The molecule has 0 spiro atoms. The molecule has 33 heavy (non-hydrogen) atoms. The second kappa shape index (κ2) is 7.39. The summed E-state index contributed by atoms with van der Waals surface area (Å²) in [5, 5.41) is 1.52. The highest BCUT2D eigenvalue weighted by atomic mass is 32.1. The molecule has 1 atom stereocenters. The zero-order chi connectivity index (χ0) is 22.7. The fourth-order valence-electron chi connectivity index (χ4n) is 4.97. The minimum atomic E-state index is -0.168. The summed E-state index contributed by atoms with van der Waals surface area (Å²) in [6, 6.07) is 17.9. The molecule has 2 aromatic carbocycles. The van der Waals surface area contributed by atoms with Gasteiger partial charge in [-0.3, -0.25) is 4.79 Å². The molecule has 0 amide bonds. The molecule has 0 saturated carbocycles. The van der Waals surface area contributed by atoms with Crippen molar-refractivity contribution in [3.05, 3.63) is 92.9 Å². The number of para-hydroxylation sites is 1. The summed E-state index contributed by atoms with van der Waals surface area (Å²) in [6.07, 6.45) is 3.21. The van der Waals surface area contributed by atoms with Crippen molar-refractivity contribution in [1.29, 1.82) is 0 Å². The number of aromatic amines is 1. The van der Waals surface area contributed by atoms with Crippen molar-refractivity contribution in [2.24, 2.45) is 0 Å². The summed E-state index contributed by atoms with van der Waals surface area (Å²) < 4.78 is 0. The van der Waals surface area contributed by atoms with Crippen molar-refractivity contribution >= 4 is 44.2 Å². The van der Waals surface area contributed by atoms with E-state index in [0.717, 1.165) is 32.8 Å². The summed E-state index contributed by atoms with van der Waals surface area (Å²) in [6.45, 7) is 4.25. The van der Waals surface area contributed by atoms with Gasteiger partial charge < -0.3 is 10.7 Å². The maximum absolute atomic E-state index is 12.7. The van der Waals surface area contributed by atoms with Crippen molar-refractivity contribution < 1.29 is 0 Å². The number of rotatable bonds is 2. The predicted molar refractivity (Wildman–Crippen MR) is 137 cm³/mol. The average Bonchev–Trinajstić information content (AvgIpc) is 3.15. The van der Waals surface area contributed by atoms with E-state index in [4.69, 9.17) is 15.7 Å². The monoisotopic (exact) mass is 450 g/mol. The van der Waals surface area contributed by atoms with Crippen molar-refractivity contribution in [3.63, 3.8) is 0 Å². The van der Waals surface area contributed by atoms with Gasteiger partial charge in [-0.1, -0.05) is 54.1 Å². The van der Waals surface area contributed by atoms with Gasteiger partial charge in [0.2, 0.25) is 0 Å². The van der Waals surface area contributed by atoms with Crippen LogP contribution in [0.2, 0.25) is 0 Å². The third-order valence-electron chi connectivity index (χ3n) is 6.44. The molecule has 3 aromatic heterocycles. The number of benzene rings is 2. The van der Waals surface area contributed by atoms with Gasteiger partial charge in [-0.2, -0.15) is 0 Å². The van der Waals surface area contributed by atoms with E-state index < -0.39 is 0 Å². The normalized spacial score (nSPS) is 15.6. The van der Waals surface area contributed by atoms with Gasteiger partial charge in [0.1, 0.15) is 4.83 Å². The molecule has 0 aliphatic heterocycles. The van der Waals surface area contributed by atoms with Crippen LogP contribution in [0.4, 0.5) is 5.69 Å². The molecule has 5 aromatic rings. The molecule has 0 saturated heterocycles. The maximum atomic E-state index is 12.7. The summed E-state index contributed by atoms with van der Waals surface area (Å²) in [5.41, 5.74) is 13.8. The fourth-order valence-corrected chi connectivity index (χ4v) is 6.07. The van der Waals surface area contributed by atoms with E-state index >= 15 is 0 Å². The number of anilines is 1. The Bertz CT molecular complexity index is 1650. The van der Waals surface area contributed by atoms with Gasteiger partial charge in [-0.15, -0.1) is 11.3 Å². The van der Waals surface area contributed by atoms with Crippen molar-refractivity contribution in [3.8, 4) is 10.7 Å². The quantitative estimate of drug-likeness (QED) is 0.344. The van der Waals surface area contributed by atoms with Gasteiger partial charge in [0.25, 0.3) is 5.56 Å². The highest BCUT2D eigenvalue weighted by molar-refractivity contribution is 7.22. The number of H-pyrrole nitrogens is 1. The van der Waals surface area contributed by atoms with Gasteiger partial charge in [0.05, 0.1) is 21.5 Å². The number of nitrogens with one attached hydrogen (secondary N) is 1. The Morgan fingerprint density at radius 3 is 2.61 bits per heavy atom. The smallest absolute Gasteiger partial charge is 0.259 e. The number of hydrogen-bond donors (Lipinski definition) is 2. The molecule has 3 N–H and O–H groups in total. The number of fused-ring (bicyclic) bond motifs is 4. The molecule has 0 bridgehead atoms. The third kappa shape index (κ3) is 3.09. The van der Waals surface area contributed by atoms with Gasteiger partial charge in [0.15, 0.2) is 5.82 Å². The van der Waals surface area contributed by atoms with Crippen LogP contribution in [0.1, 0.15) is 41.6 Å². The average molecular weight is 451 g/mol. The van der Waals surface area contributed by atoms with E-state index in [9.17, 15) is 4.79 Å². The van der Waals surface area contributed by atoms with Crippen LogP contribution in [0.25, 0.3) is 37.9 Å². The number of nitrogens with two attached hydrogens (primary N) is 1. The lowest BCUT2D eigenvalue weighted by Crippen LogP contribution is -2.12. The predicted octanol–water partition coefficient (Wildman–Crippen LogP) is 6.03. The number of nitrogen functional groups attached to an aromatic ring is 1. The Kier molecular flexibility index (Phi) is 4.45. The Balaban J connectivity index is 1.62. The van der Waals surface area contributed by atoms with Gasteiger partial charge in [-0.25, -0.2) is 9.97 Å². The zero-order valence-corrected chi connectivity index (χ0v) is 19.2. The van der Waals surface area contributed by atoms with Crippen LogP contribution in [0.5, 0.6) is 0 Å². The first kappa shape index (κ1) is 19.9. The molecule has 3 heterocycles. The Labute approximate surface area is 194 Å². The standard InChI is InChI=1S/C27H22N4OS/c1-14-12-18(16-8-4-3-5-9-16)21-15(2)29-27-22(19(21)13-14)23(28)24(33-27)25-30-20-11-7-6-10-17(20)26(32)31-25/h3-11,13,18H,12,28H2,1-2H3,(H,30,31,32). The molecule has 1 unspecified atom stereocenters. The SMILES string of the molecule is CC1=Cc2c(c(C)nc3sc(-c4nc5ccccc5c(=O)[nH]4)c(N)c23)C(c2ccccc2)C1. The zero-order valence-electron chi connectivity index (χ0n) is 18.3. The van der Waals surface area contributed by atoms with E-state index in [1.54, 1.807) is 6.07 Å². The lowest BCUT2D eigenvalue weighted by molar-refractivity contribution is 0.774. The van der Waals surface area contributed by atoms with Crippen molar-refractivity contribution in [1.82, 2.24) is 15.0 Å². The number of pyridine rings is 1. The molecule has 6 heteroatoms. The molecule has 5 nitrogen and oxygen atoms in total. The molecular weight excluding hydrogens is 428 g/mol. The van der Waals surface area contributed by atoms with Gasteiger partial charge in [0, 0.05) is 17.0 Å². The summed E-state index contributed by atoms with van der Waals surface area (Å²) in [5.74, 6) is 0.728. The first-order valence-corrected chi connectivity index (χ1v) is 11.8. The highest BCUT2D eigenvalue weighted by Gasteiger charge is 2.28. The van der Waals surface area contributed by atoms with Crippen molar-refractivity contribution in [2.75, 3.05) is 5.73 Å². The minimum absolute atomic E-state index is 0.168. The van der Waals surface area contributed by atoms with E-state index in [1.165, 1.54) is 28.0 Å². The molecule has 162 valence electrons. The third-order valence-corrected chi connectivity index (χ3v) is 7.55. The van der Waals surface area contributed by atoms with E-state index in [1.807, 2.05) is 24.3 Å². The lowest BCUT2D eigenvalue weighted by atomic mass is 9.78. The van der Waals surface area contributed by atoms with Crippen LogP contribution in [0.15, 0.2) is 65.0 Å². The Morgan fingerprint density at radius 1 is 1.03 bits per heavy atom. The molecule has 0 fully saturated rings. The number of nitrogens with zero attached hydrogens (tertiary/aromatic N) is 2. The molecular formula is C27H22N4OS. The fraction of sp³-hybridized carbons (Fsp3) is 0.148. The minimum Gasteiger partial charge on any atom is -0.397 e. The summed E-state index contributed by atoms with van der Waals surface area (Å²) in [4.78, 5) is 26.9. The number of thiophene rings is 1. The number of allylic oxidation sites excluding steroid dienone is 1. The Hall–Kier alpha value is -3.77. The van der Waals surface area contributed by atoms with E-state index in [0.29, 0.717) is 22.4 Å². The van der Waals surface area contributed by atoms with Gasteiger partial charge >= 0.3 is 0 Å². The molecule has 1 aliphatic rings. The van der Waals surface area contributed by atoms with E-state index in [2.05, 4.69) is 49.2 Å². The van der Waals surface area contributed by atoms with Crippen LogP contribution in [0, 0.1) is 6.92 Å². The second-order valence-corrected chi connectivity index (χ2v) is 9.64. The molecule has 1 aliphatic carbocycles. The first-order chi connectivity index (χ1) is 16.0. The van der Waals surface area contributed by atoms with Crippen LogP contribution < -0.4 is 11.3 Å². The van der Waals surface area contributed by atoms with Crippen molar-refractivity contribution in [2.45, 2.75) is 26.2 Å². The van der Waals surface area contributed by atoms with Crippen LogP contribution in [0.3, 0.4) is 0 Å². The maximum Gasteiger partial charge on any atom is 0.259 e. The van der Waals surface area contributed by atoms with Crippen LogP contribution in [-0.2, 0) is 0 Å². The highest BCUT2D eigenvalue weighted by Crippen LogP contribution is 2.47.